The summed E-state index contributed by atoms with van der Waals surface area (Å²) in [6, 6.07) is 11.4. The maximum atomic E-state index is 12.9. The summed E-state index contributed by atoms with van der Waals surface area (Å²) in [6.07, 6.45) is -3.77. The van der Waals surface area contributed by atoms with Gasteiger partial charge in [0, 0.05) is 13.6 Å². The molecule has 28 heavy (non-hydrogen) atoms. The van der Waals surface area contributed by atoms with Crippen LogP contribution in [0.3, 0.4) is 0 Å². The lowest BCUT2D eigenvalue weighted by molar-refractivity contribution is -0.137. The molecule has 5 nitrogen and oxygen atoms in total. The Hall–Kier alpha value is -2.55. The summed E-state index contributed by atoms with van der Waals surface area (Å²) in [4.78, 5) is 13.9. The van der Waals surface area contributed by atoms with Crippen LogP contribution in [-0.4, -0.2) is 39.1 Å². The van der Waals surface area contributed by atoms with E-state index in [0.717, 1.165) is 29.5 Å². The highest BCUT2D eigenvalue weighted by Crippen LogP contribution is 2.32. The van der Waals surface area contributed by atoms with E-state index in [0.29, 0.717) is 10.4 Å². The molecule has 0 aromatic heterocycles. The fourth-order valence-corrected chi connectivity index (χ4v) is 3.38. The number of halogens is 3. The molecule has 0 saturated heterocycles. The first-order chi connectivity index (χ1) is 12.9. The predicted molar refractivity (Wildman–Crippen MR) is 101 cm³/mol. The highest BCUT2D eigenvalue weighted by atomic mass is 32.2. The van der Waals surface area contributed by atoms with Gasteiger partial charge in [0.15, 0.2) is 0 Å². The summed E-state index contributed by atoms with van der Waals surface area (Å²) in [5, 5.41) is 0. The van der Waals surface area contributed by atoms with E-state index in [1.807, 2.05) is 31.2 Å². The molecule has 0 saturated carbocycles. The number of alkyl halides is 3. The van der Waals surface area contributed by atoms with Crippen molar-refractivity contribution in [2.24, 2.45) is 0 Å². The monoisotopic (exact) mass is 414 g/mol. The Morgan fingerprint density at radius 1 is 1.07 bits per heavy atom. The average Bonchev–Trinajstić information content (AvgIpc) is 2.59. The van der Waals surface area contributed by atoms with E-state index in [1.165, 1.54) is 18.0 Å². The number of carbonyl (C=O) groups is 1. The molecule has 0 radical (unpaired) electrons. The molecule has 1 amide bonds. The lowest BCUT2D eigenvalue weighted by atomic mass is 10.1. The zero-order chi connectivity index (χ0) is 21.1. The smallest absolute Gasteiger partial charge is 0.340 e. The Labute approximate surface area is 162 Å². The number of hydrogen-bond donors (Lipinski definition) is 0. The molecule has 0 aliphatic heterocycles. The van der Waals surface area contributed by atoms with E-state index in [2.05, 4.69) is 0 Å². The molecule has 0 aliphatic carbocycles. The van der Waals surface area contributed by atoms with E-state index in [9.17, 15) is 26.4 Å². The molecule has 0 aliphatic rings. The van der Waals surface area contributed by atoms with Gasteiger partial charge in [0.25, 0.3) is 0 Å². The van der Waals surface area contributed by atoms with Crippen LogP contribution in [0.4, 0.5) is 18.9 Å². The van der Waals surface area contributed by atoms with Crippen molar-refractivity contribution in [3.8, 4) is 0 Å². The van der Waals surface area contributed by atoms with Crippen LogP contribution < -0.4 is 4.31 Å². The van der Waals surface area contributed by atoms with Gasteiger partial charge in [-0.2, -0.15) is 13.2 Å². The van der Waals surface area contributed by atoms with Gasteiger partial charge in [0.1, 0.15) is 6.54 Å². The van der Waals surface area contributed by atoms with E-state index in [-0.39, 0.29) is 12.2 Å². The summed E-state index contributed by atoms with van der Waals surface area (Å²) in [5.41, 5.74) is 0.713. The van der Waals surface area contributed by atoms with Crippen LogP contribution in [0.2, 0.25) is 0 Å². The lowest BCUT2D eigenvalue weighted by Crippen LogP contribution is -2.41. The van der Waals surface area contributed by atoms with Gasteiger partial charge in [-0.3, -0.25) is 9.10 Å². The van der Waals surface area contributed by atoms with Gasteiger partial charge in [-0.25, -0.2) is 8.42 Å². The van der Waals surface area contributed by atoms with Gasteiger partial charge < -0.3 is 4.90 Å². The molecule has 0 atom stereocenters. The van der Waals surface area contributed by atoms with Crippen LogP contribution in [0.15, 0.2) is 48.5 Å². The van der Waals surface area contributed by atoms with E-state index >= 15 is 0 Å². The van der Waals surface area contributed by atoms with Crippen LogP contribution in [0.1, 0.15) is 16.7 Å². The molecule has 2 rings (SSSR count). The van der Waals surface area contributed by atoms with Gasteiger partial charge in [0.2, 0.25) is 15.9 Å². The molecule has 0 spiro atoms. The van der Waals surface area contributed by atoms with Crippen molar-refractivity contribution in [3.05, 3.63) is 65.2 Å². The molecule has 152 valence electrons. The summed E-state index contributed by atoms with van der Waals surface area (Å²) in [6.45, 7) is 1.58. The highest BCUT2D eigenvalue weighted by molar-refractivity contribution is 7.92. The minimum Gasteiger partial charge on any atom is -0.340 e. The minimum atomic E-state index is -4.62. The zero-order valence-electron chi connectivity index (χ0n) is 15.7. The largest absolute Gasteiger partial charge is 0.416 e. The fraction of sp³-hybridized carbons (Fsp3) is 0.316. The number of amides is 1. The van der Waals surface area contributed by atoms with Crippen molar-refractivity contribution in [1.82, 2.24) is 4.90 Å². The first-order valence-electron chi connectivity index (χ1n) is 8.32. The fourth-order valence-electron chi connectivity index (χ4n) is 2.54. The number of anilines is 1. The van der Waals surface area contributed by atoms with Crippen LogP contribution in [0.25, 0.3) is 0 Å². The number of carbonyl (C=O) groups excluding carboxylic acids is 1. The lowest BCUT2D eigenvalue weighted by Gasteiger charge is -2.26. The quantitative estimate of drug-likeness (QED) is 0.728. The van der Waals surface area contributed by atoms with Crippen molar-refractivity contribution >= 4 is 21.6 Å². The molecule has 0 bridgehead atoms. The molecule has 2 aromatic rings. The van der Waals surface area contributed by atoms with Crippen molar-refractivity contribution in [1.29, 1.82) is 0 Å². The van der Waals surface area contributed by atoms with Crippen LogP contribution >= 0.6 is 0 Å². The number of nitrogens with zero attached hydrogens (tertiary/aromatic N) is 2. The van der Waals surface area contributed by atoms with Crippen molar-refractivity contribution in [2.45, 2.75) is 19.6 Å². The topological polar surface area (TPSA) is 57.7 Å². The van der Waals surface area contributed by atoms with Crippen LogP contribution in [0, 0.1) is 6.92 Å². The molecule has 0 heterocycles. The van der Waals surface area contributed by atoms with Gasteiger partial charge in [-0.1, -0.05) is 35.9 Å². The summed E-state index contributed by atoms with van der Waals surface area (Å²) in [7, 11) is -2.46. The molecule has 0 fully saturated rings. The number of rotatable bonds is 6. The van der Waals surface area contributed by atoms with Crippen molar-refractivity contribution in [2.75, 3.05) is 24.2 Å². The average molecular weight is 414 g/mol. The third-order valence-electron chi connectivity index (χ3n) is 4.11. The Bertz CT molecular complexity index is 942. The van der Waals surface area contributed by atoms with Crippen molar-refractivity contribution < 1.29 is 26.4 Å². The second-order valence-corrected chi connectivity index (χ2v) is 8.46. The zero-order valence-corrected chi connectivity index (χ0v) is 16.5. The molecule has 0 N–H and O–H groups in total. The SMILES string of the molecule is Cc1ccc(CN(C)C(=O)CN(c2cccc(C(F)(F)F)c2)S(C)(=O)=O)cc1. The van der Waals surface area contributed by atoms with Gasteiger partial charge in [0.05, 0.1) is 17.5 Å². The maximum Gasteiger partial charge on any atom is 0.416 e. The molecule has 0 unspecified atom stereocenters. The van der Waals surface area contributed by atoms with Gasteiger partial charge >= 0.3 is 6.18 Å². The maximum absolute atomic E-state index is 12.9. The third-order valence-corrected chi connectivity index (χ3v) is 5.25. The Balaban J connectivity index is 2.23. The first-order valence-corrected chi connectivity index (χ1v) is 10.2. The molecule has 2 aromatic carbocycles. The Kier molecular flexibility index (Phi) is 6.38. The molecule has 9 heteroatoms. The number of sulfonamides is 1. The van der Waals surface area contributed by atoms with Gasteiger partial charge in [-0.05, 0) is 30.7 Å². The molecular formula is C19H21F3N2O3S. The number of benzene rings is 2. The highest BCUT2D eigenvalue weighted by Gasteiger charge is 2.32. The van der Waals surface area contributed by atoms with Crippen LogP contribution in [0.5, 0.6) is 0 Å². The van der Waals surface area contributed by atoms with Crippen molar-refractivity contribution in [3.63, 3.8) is 0 Å². The second kappa shape index (κ2) is 8.22. The van der Waals surface area contributed by atoms with E-state index in [4.69, 9.17) is 0 Å². The summed E-state index contributed by atoms with van der Waals surface area (Å²) >= 11 is 0. The third kappa shape index (κ3) is 5.72. The van der Waals surface area contributed by atoms with E-state index < -0.39 is 34.2 Å². The van der Waals surface area contributed by atoms with E-state index in [1.54, 1.807) is 0 Å². The number of hydrogen-bond acceptors (Lipinski definition) is 3. The minimum absolute atomic E-state index is 0.214. The first kappa shape index (κ1) is 21.7. The summed E-state index contributed by atoms with van der Waals surface area (Å²) < 4.78 is 63.8. The summed E-state index contributed by atoms with van der Waals surface area (Å²) in [5.74, 6) is -0.539. The number of aryl methyl sites for hydroxylation is 1. The predicted octanol–water partition coefficient (Wildman–Crippen LogP) is 3.44. The normalized spacial score (nSPS) is 11.9. The van der Waals surface area contributed by atoms with Gasteiger partial charge in [-0.15, -0.1) is 0 Å². The Morgan fingerprint density at radius 2 is 1.68 bits per heavy atom. The van der Waals surface area contributed by atoms with Crippen LogP contribution in [-0.2, 0) is 27.5 Å². The Morgan fingerprint density at radius 3 is 2.21 bits per heavy atom. The standard InChI is InChI=1S/C19H21F3N2O3S/c1-14-7-9-15(10-8-14)12-23(2)18(25)13-24(28(3,26)27)17-6-4-5-16(11-17)19(20,21)22/h4-11H,12-13H2,1-3H3. The molecular weight excluding hydrogens is 393 g/mol. The number of likely N-dealkylation sites (N-methyl/N-ethyl adjacent to an activating group) is 1. The second-order valence-electron chi connectivity index (χ2n) is 6.55.